The van der Waals surface area contributed by atoms with Crippen molar-refractivity contribution in [1.82, 2.24) is 0 Å². The molecule has 2 aromatic carbocycles. The third kappa shape index (κ3) is 3.45. The van der Waals surface area contributed by atoms with Crippen molar-refractivity contribution < 1.29 is 23.6 Å². The molecule has 0 saturated heterocycles. The number of non-ortho nitro benzene ring substituents is 1. The number of nitrogens with one attached hydrogen (secondary N) is 1. The normalized spacial score (nSPS) is 12.4. The van der Waals surface area contributed by atoms with Crippen LogP contribution >= 0.6 is 0 Å². The number of hydrogen-bond acceptors (Lipinski definition) is 6. The van der Waals surface area contributed by atoms with Crippen LogP contribution in [0.5, 0.6) is 11.5 Å². The number of nitro benzene ring substituents is 1. The molecule has 0 saturated carbocycles. The Morgan fingerprint density at radius 3 is 2.63 bits per heavy atom. The molecule has 27 heavy (non-hydrogen) atoms. The molecule has 8 nitrogen and oxygen atoms in total. The van der Waals surface area contributed by atoms with Gasteiger partial charge in [0, 0.05) is 29.4 Å². The van der Waals surface area contributed by atoms with Crippen LogP contribution in [0.3, 0.4) is 0 Å². The molecule has 1 amide bonds. The molecule has 136 valence electrons. The van der Waals surface area contributed by atoms with Gasteiger partial charge in [-0.05, 0) is 24.3 Å². The Bertz CT molecular complexity index is 1030. The van der Waals surface area contributed by atoms with E-state index in [1.165, 1.54) is 18.2 Å². The number of carbonyl (C=O) groups excluding carboxylic acids is 1. The highest BCUT2D eigenvalue weighted by Gasteiger charge is 2.16. The SMILES string of the molecule is O=C(Nc1ccc2c(c1)OCCO2)c1ccc(-c2cccc([N+](=O)[O-])c2)o1. The van der Waals surface area contributed by atoms with E-state index in [2.05, 4.69) is 5.32 Å². The number of anilines is 1. The molecular weight excluding hydrogens is 352 g/mol. The van der Waals surface area contributed by atoms with Gasteiger partial charge in [-0.3, -0.25) is 14.9 Å². The summed E-state index contributed by atoms with van der Waals surface area (Å²) in [6, 6.07) is 14.2. The molecule has 1 aliphatic heterocycles. The smallest absolute Gasteiger partial charge is 0.291 e. The Kier molecular flexibility index (Phi) is 4.21. The number of nitro groups is 1. The third-order valence-electron chi connectivity index (χ3n) is 3.97. The molecule has 0 spiro atoms. The average molecular weight is 366 g/mol. The van der Waals surface area contributed by atoms with E-state index in [-0.39, 0.29) is 11.4 Å². The van der Waals surface area contributed by atoms with Crippen LogP contribution in [0.2, 0.25) is 0 Å². The predicted molar refractivity (Wildman–Crippen MR) is 96.2 cm³/mol. The zero-order valence-electron chi connectivity index (χ0n) is 14.0. The van der Waals surface area contributed by atoms with Gasteiger partial charge in [0.2, 0.25) is 0 Å². The fraction of sp³-hybridized carbons (Fsp3) is 0.105. The van der Waals surface area contributed by atoms with Gasteiger partial charge < -0.3 is 19.2 Å². The van der Waals surface area contributed by atoms with Gasteiger partial charge in [0.15, 0.2) is 17.3 Å². The molecule has 1 aliphatic rings. The van der Waals surface area contributed by atoms with E-state index in [0.717, 1.165) is 0 Å². The fourth-order valence-electron chi connectivity index (χ4n) is 2.70. The van der Waals surface area contributed by atoms with Crippen molar-refractivity contribution in [2.75, 3.05) is 18.5 Å². The lowest BCUT2D eigenvalue weighted by molar-refractivity contribution is -0.384. The minimum absolute atomic E-state index is 0.0498. The number of rotatable bonds is 4. The van der Waals surface area contributed by atoms with Crippen LogP contribution < -0.4 is 14.8 Å². The lowest BCUT2D eigenvalue weighted by atomic mass is 10.1. The monoisotopic (exact) mass is 366 g/mol. The first-order valence-electron chi connectivity index (χ1n) is 8.16. The maximum atomic E-state index is 12.4. The van der Waals surface area contributed by atoms with Crippen molar-refractivity contribution in [3.05, 3.63) is 70.5 Å². The van der Waals surface area contributed by atoms with E-state index in [9.17, 15) is 14.9 Å². The summed E-state index contributed by atoms with van der Waals surface area (Å²) in [6.07, 6.45) is 0. The molecule has 1 N–H and O–H groups in total. The second-order valence-corrected chi connectivity index (χ2v) is 5.78. The van der Waals surface area contributed by atoms with Crippen LogP contribution in [0, 0.1) is 10.1 Å². The Morgan fingerprint density at radius 2 is 1.81 bits per heavy atom. The van der Waals surface area contributed by atoms with E-state index in [1.807, 2.05) is 0 Å². The first kappa shape index (κ1) is 16.6. The van der Waals surface area contributed by atoms with E-state index in [1.54, 1.807) is 36.4 Å². The van der Waals surface area contributed by atoms with Crippen LogP contribution in [0.15, 0.2) is 59.0 Å². The number of amides is 1. The predicted octanol–water partition coefficient (Wildman–Crippen LogP) is 3.88. The van der Waals surface area contributed by atoms with Crippen LogP contribution in [0.4, 0.5) is 11.4 Å². The Balaban J connectivity index is 1.52. The van der Waals surface area contributed by atoms with Crippen LogP contribution in [-0.4, -0.2) is 24.0 Å². The van der Waals surface area contributed by atoms with Gasteiger partial charge in [-0.15, -0.1) is 0 Å². The zero-order chi connectivity index (χ0) is 18.8. The Morgan fingerprint density at radius 1 is 1.00 bits per heavy atom. The molecule has 4 rings (SSSR count). The molecule has 1 aromatic heterocycles. The molecule has 0 bridgehead atoms. The molecule has 0 atom stereocenters. The molecule has 0 fully saturated rings. The standard InChI is InChI=1S/C19H14N2O6/c22-19(20-13-4-5-16-18(11-13)26-9-8-25-16)17-7-6-15(27-17)12-2-1-3-14(10-12)21(23)24/h1-7,10-11H,8-9H2,(H,20,22). The first-order chi connectivity index (χ1) is 13.1. The van der Waals surface area contributed by atoms with Crippen LogP contribution in [0.25, 0.3) is 11.3 Å². The summed E-state index contributed by atoms with van der Waals surface area (Å²) in [4.78, 5) is 22.8. The molecule has 2 heterocycles. The summed E-state index contributed by atoms with van der Waals surface area (Å²) >= 11 is 0. The topological polar surface area (TPSA) is 104 Å². The van der Waals surface area contributed by atoms with Gasteiger partial charge in [-0.25, -0.2) is 0 Å². The second-order valence-electron chi connectivity index (χ2n) is 5.78. The molecule has 0 unspecified atom stereocenters. The van der Waals surface area contributed by atoms with Crippen LogP contribution in [0.1, 0.15) is 10.6 Å². The van der Waals surface area contributed by atoms with Gasteiger partial charge >= 0.3 is 0 Å². The maximum absolute atomic E-state index is 12.4. The van der Waals surface area contributed by atoms with Gasteiger partial charge in [0.1, 0.15) is 19.0 Å². The van der Waals surface area contributed by atoms with Gasteiger partial charge in [0.05, 0.1) is 4.92 Å². The van der Waals surface area contributed by atoms with Crippen molar-refractivity contribution in [3.8, 4) is 22.8 Å². The van der Waals surface area contributed by atoms with E-state index < -0.39 is 10.8 Å². The number of ether oxygens (including phenoxy) is 2. The maximum Gasteiger partial charge on any atom is 0.291 e. The van der Waals surface area contributed by atoms with Gasteiger partial charge in [-0.2, -0.15) is 0 Å². The van der Waals surface area contributed by atoms with Crippen molar-refractivity contribution in [1.29, 1.82) is 0 Å². The highest BCUT2D eigenvalue weighted by Crippen LogP contribution is 2.33. The van der Waals surface area contributed by atoms with Gasteiger partial charge in [-0.1, -0.05) is 12.1 Å². The van der Waals surface area contributed by atoms with E-state index >= 15 is 0 Å². The van der Waals surface area contributed by atoms with E-state index in [0.29, 0.717) is 41.7 Å². The molecule has 0 radical (unpaired) electrons. The van der Waals surface area contributed by atoms with Gasteiger partial charge in [0.25, 0.3) is 11.6 Å². The average Bonchev–Trinajstić information content (AvgIpc) is 3.18. The summed E-state index contributed by atoms with van der Waals surface area (Å²) in [5, 5.41) is 13.6. The van der Waals surface area contributed by atoms with E-state index in [4.69, 9.17) is 13.9 Å². The number of benzene rings is 2. The van der Waals surface area contributed by atoms with Crippen LogP contribution in [-0.2, 0) is 0 Å². The zero-order valence-corrected chi connectivity index (χ0v) is 14.0. The van der Waals surface area contributed by atoms with Crippen molar-refractivity contribution in [3.63, 3.8) is 0 Å². The van der Waals surface area contributed by atoms with Crippen molar-refractivity contribution in [2.24, 2.45) is 0 Å². The van der Waals surface area contributed by atoms with Crippen molar-refractivity contribution in [2.45, 2.75) is 0 Å². The number of hydrogen-bond donors (Lipinski definition) is 1. The first-order valence-corrected chi connectivity index (χ1v) is 8.16. The lowest BCUT2D eigenvalue weighted by Gasteiger charge is -2.18. The highest BCUT2D eigenvalue weighted by atomic mass is 16.6. The van der Waals surface area contributed by atoms with Crippen molar-refractivity contribution >= 4 is 17.3 Å². The minimum atomic E-state index is -0.484. The molecular formula is C19H14N2O6. The molecule has 3 aromatic rings. The highest BCUT2D eigenvalue weighted by molar-refractivity contribution is 6.02. The quantitative estimate of drug-likeness (QED) is 0.555. The number of fused-ring (bicyclic) bond motifs is 1. The summed E-state index contributed by atoms with van der Waals surface area (Å²) in [7, 11) is 0. The Hall–Kier alpha value is -3.81. The number of nitrogens with zero attached hydrogens (tertiary/aromatic N) is 1. The second kappa shape index (κ2) is 6.83. The summed E-state index contributed by atoms with van der Waals surface area (Å²) in [5.41, 5.74) is 1.01. The number of furan rings is 1. The summed E-state index contributed by atoms with van der Waals surface area (Å²) in [6.45, 7) is 0.945. The minimum Gasteiger partial charge on any atom is -0.486 e. The molecule has 8 heteroatoms. The largest absolute Gasteiger partial charge is 0.486 e. The third-order valence-corrected chi connectivity index (χ3v) is 3.97. The Labute approximate surface area is 153 Å². The summed E-state index contributed by atoms with van der Waals surface area (Å²) < 4.78 is 16.5. The fourth-order valence-corrected chi connectivity index (χ4v) is 2.70. The molecule has 0 aliphatic carbocycles. The summed E-state index contributed by atoms with van der Waals surface area (Å²) in [5.74, 6) is 1.21. The lowest BCUT2D eigenvalue weighted by Crippen LogP contribution is -2.16. The number of carbonyl (C=O) groups is 1.